The molecule has 6 nitrogen and oxygen atoms in total. The first-order valence-corrected chi connectivity index (χ1v) is 10.8. The average Bonchev–Trinajstić information content (AvgIpc) is 3.17. The van der Waals surface area contributed by atoms with Crippen LogP contribution in [0.15, 0.2) is 42.5 Å². The summed E-state index contributed by atoms with van der Waals surface area (Å²) in [5, 5.41) is 1.14. The molecule has 3 aromatic rings. The average molecular weight is 450 g/mol. The van der Waals surface area contributed by atoms with Gasteiger partial charge in [0.15, 0.2) is 11.7 Å². The SMILES string of the molecule is O=C(COc1ccc(Cl)cc1)N(CCN1CCOCC1)c1nc2ccc(F)cc2s1. The predicted octanol–water partition coefficient (Wildman–Crippen LogP) is 3.83. The molecule has 1 aromatic heterocycles. The van der Waals surface area contributed by atoms with E-state index in [4.69, 9.17) is 21.1 Å². The highest BCUT2D eigenvalue weighted by molar-refractivity contribution is 7.22. The number of halogens is 2. The van der Waals surface area contributed by atoms with E-state index < -0.39 is 0 Å². The van der Waals surface area contributed by atoms with Crippen molar-refractivity contribution >= 4 is 44.2 Å². The van der Waals surface area contributed by atoms with Crippen LogP contribution in [0.1, 0.15) is 0 Å². The summed E-state index contributed by atoms with van der Waals surface area (Å²) >= 11 is 7.19. The van der Waals surface area contributed by atoms with Gasteiger partial charge in [-0.25, -0.2) is 9.37 Å². The van der Waals surface area contributed by atoms with Gasteiger partial charge in [-0.3, -0.25) is 14.6 Å². The van der Waals surface area contributed by atoms with Crippen LogP contribution in [-0.2, 0) is 9.53 Å². The van der Waals surface area contributed by atoms with Gasteiger partial charge in [-0.2, -0.15) is 0 Å². The Morgan fingerprint density at radius 1 is 1.23 bits per heavy atom. The number of ether oxygens (including phenoxy) is 2. The molecule has 1 saturated heterocycles. The summed E-state index contributed by atoms with van der Waals surface area (Å²) in [7, 11) is 0. The molecule has 9 heteroatoms. The van der Waals surface area contributed by atoms with E-state index in [0.717, 1.165) is 13.1 Å². The summed E-state index contributed by atoms with van der Waals surface area (Å²) in [5.74, 6) is 0.0277. The quantitative estimate of drug-likeness (QED) is 0.548. The minimum absolute atomic E-state index is 0.130. The number of fused-ring (bicyclic) bond motifs is 1. The number of nitrogens with zero attached hydrogens (tertiary/aromatic N) is 3. The van der Waals surface area contributed by atoms with Crippen molar-refractivity contribution in [2.45, 2.75) is 0 Å². The first kappa shape index (κ1) is 21.0. The molecule has 1 fully saturated rings. The van der Waals surface area contributed by atoms with Gasteiger partial charge in [0.1, 0.15) is 11.6 Å². The third-order valence-corrected chi connectivity index (χ3v) is 6.08. The van der Waals surface area contributed by atoms with E-state index in [2.05, 4.69) is 9.88 Å². The lowest BCUT2D eigenvalue weighted by Gasteiger charge is -2.29. The summed E-state index contributed by atoms with van der Waals surface area (Å²) in [6.45, 7) is 4.06. The first-order chi connectivity index (χ1) is 14.6. The van der Waals surface area contributed by atoms with Crippen LogP contribution in [0.2, 0.25) is 5.02 Å². The topological polar surface area (TPSA) is 54.9 Å². The van der Waals surface area contributed by atoms with Gasteiger partial charge in [0.2, 0.25) is 0 Å². The van der Waals surface area contributed by atoms with Crippen molar-refractivity contribution in [2.75, 3.05) is 50.9 Å². The van der Waals surface area contributed by atoms with E-state index in [0.29, 0.717) is 52.4 Å². The molecule has 0 atom stereocenters. The second-order valence-corrected chi connectivity index (χ2v) is 8.30. The van der Waals surface area contributed by atoms with E-state index in [1.807, 2.05) is 0 Å². The molecule has 0 bridgehead atoms. The summed E-state index contributed by atoms with van der Waals surface area (Å²) in [6.07, 6.45) is 0. The molecule has 0 N–H and O–H groups in total. The number of anilines is 1. The predicted molar refractivity (Wildman–Crippen MR) is 116 cm³/mol. The fourth-order valence-electron chi connectivity index (χ4n) is 3.15. The first-order valence-electron chi connectivity index (χ1n) is 9.63. The van der Waals surface area contributed by atoms with Crippen LogP contribution in [0.4, 0.5) is 9.52 Å². The largest absolute Gasteiger partial charge is 0.484 e. The number of rotatable bonds is 7. The zero-order chi connectivity index (χ0) is 20.9. The Kier molecular flexibility index (Phi) is 6.79. The van der Waals surface area contributed by atoms with Crippen molar-refractivity contribution in [1.82, 2.24) is 9.88 Å². The van der Waals surface area contributed by atoms with E-state index in [9.17, 15) is 9.18 Å². The van der Waals surface area contributed by atoms with Crippen LogP contribution in [0, 0.1) is 5.82 Å². The molecule has 0 spiro atoms. The second-order valence-electron chi connectivity index (χ2n) is 6.85. The van der Waals surface area contributed by atoms with E-state index in [-0.39, 0.29) is 18.3 Å². The molecule has 2 heterocycles. The monoisotopic (exact) mass is 449 g/mol. The number of hydrogen-bond acceptors (Lipinski definition) is 6. The minimum atomic E-state index is -0.324. The van der Waals surface area contributed by atoms with Crippen LogP contribution < -0.4 is 9.64 Å². The van der Waals surface area contributed by atoms with Crippen molar-refractivity contribution in [1.29, 1.82) is 0 Å². The Balaban J connectivity index is 1.50. The zero-order valence-corrected chi connectivity index (χ0v) is 17.8. The second kappa shape index (κ2) is 9.70. The third kappa shape index (κ3) is 5.26. The molecule has 0 unspecified atom stereocenters. The van der Waals surface area contributed by atoms with E-state index in [1.165, 1.54) is 23.5 Å². The number of aromatic nitrogens is 1. The van der Waals surface area contributed by atoms with Gasteiger partial charge in [0.25, 0.3) is 5.91 Å². The molecular weight excluding hydrogens is 429 g/mol. The van der Waals surface area contributed by atoms with Crippen LogP contribution >= 0.6 is 22.9 Å². The molecule has 0 radical (unpaired) electrons. The number of carbonyl (C=O) groups excluding carboxylic acids is 1. The minimum Gasteiger partial charge on any atom is -0.484 e. The standard InChI is InChI=1S/C21H21ClFN3O3S/c22-15-1-4-17(5-2-15)29-14-20(27)26(8-7-25-9-11-28-12-10-25)21-24-18-6-3-16(23)13-19(18)30-21/h1-6,13H,7-12,14H2. The van der Waals surface area contributed by atoms with Gasteiger partial charge in [-0.05, 0) is 42.5 Å². The van der Waals surface area contributed by atoms with Crippen molar-refractivity contribution < 1.29 is 18.7 Å². The highest BCUT2D eigenvalue weighted by Gasteiger charge is 2.22. The third-order valence-electron chi connectivity index (χ3n) is 4.79. The molecule has 2 aromatic carbocycles. The van der Waals surface area contributed by atoms with Crippen LogP contribution in [0.5, 0.6) is 5.75 Å². The Hall–Kier alpha value is -2.26. The Labute approximate surface area is 182 Å². The maximum Gasteiger partial charge on any atom is 0.266 e. The summed E-state index contributed by atoms with van der Waals surface area (Å²) in [4.78, 5) is 21.4. The van der Waals surface area contributed by atoms with Gasteiger partial charge in [0, 0.05) is 31.2 Å². The van der Waals surface area contributed by atoms with Crippen molar-refractivity contribution in [3.63, 3.8) is 0 Å². The maximum atomic E-state index is 13.6. The fourth-order valence-corrected chi connectivity index (χ4v) is 4.31. The molecule has 0 aliphatic carbocycles. The highest BCUT2D eigenvalue weighted by Crippen LogP contribution is 2.29. The number of hydrogen-bond donors (Lipinski definition) is 0. The molecule has 1 aliphatic rings. The molecular formula is C21H21ClFN3O3S. The van der Waals surface area contributed by atoms with Crippen LogP contribution in [0.3, 0.4) is 0 Å². The van der Waals surface area contributed by atoms with Gasteiger partial charge < -0.3 is 9.47 Å². The normalized spacial score (nSPS) is 14.7. The Morgan fingerprint density at radius 3 is 2.77 bits per heavy atom. The smallest absolute Gasteiger partial charge is 0.266 e. The summed E-state index contributed by atoms with van der Waals surface area (Å²) < 4.78 is 25.3. The lowest BCUT2D eigenvalue weighted by atomic mass is 10.3. The molecule has 1 amide bonds. The van der Waals surface area contributed by atoms with Crippen molar-refractivity contribution in [3.05, 3.63) is 53.3 Å². The van der Waals surface area contributed by atoms with Gasteiger partial charge in [-0.1, -0.05) is 22.9 Å². The highest BCUT2D eigenvalue weighted by atomic mass is 35.5. The molecule has 158 valence electrons. The summed E-state index contributed by atoms with van der Waals surface area (Å²) in [6, 6.07) is 11.3. The van der Waals surface area contributed by atoms with Gasteiger partial charge in [0.05, 0.1) is 23.4 Å². The van der Waals surface area contributed by atoms with Crippen LogP contribution in [0.25, 0.3) is 10.2 Å². The number of morpholine rings is 1. The van der Waals surface area contributed by atoms with Crippen molar-refractivity contribution in [2.24, 2.45) is 0 Å². The Morgan fingerprint density at radius 2 is 2.00 bits per heavy atom. The van der Waals surface area contributed by atoms with Gasteiger partial charge >= 0.3 is 0 Å². The number of carbonyl (C=O) groups is 1. The fraction of sp³-hybridized carbons (Fsp3) is 0.333. The number of thiazole rings is 1. The molecule has 30 heavy (non-hydrogen) atoms. The van der Waals surface area contributed by atoms with E-state index >= 15 is 0 Å². The van der Waals surface area contributed by atoms with Crippen LogP contribution in [-0.4, -0.2) is 61.8 Å². The number of amides is 1. The number of benzene rings is 2. The lowest BCUT2D eigenvalue weighted by Crippen LogP contribution is -2.44. The Bertz CT molecular complexity index is 1010. The van der Waals surface area contributed by atoms with E-state index in [1.54, 1.807) is 35.2 Å². The molecule has 0 saturated carbocycles. The molecule has 1 aliphatic heterocycles. The van der Waals surface area contributed by atoms with Gasteiger partial charge in [-0.15, -0.1) is 0 Å². The zero-order valence-electron chi connectivity index (χ0n) is 16.2. The molecule has 4 rings (SSSR count). The lowest BCUT2D eigenvalue weighted by molar-refractivity contribution is -0.120. The maximum absolute atomic E-state index is 13.6. The summed E-state index contributed by atoms with van der Waals surface area (Å²) in [5.41, 5.74) is 0.666. The van der Waals surface area contributed by atoms with Crippen molar-refractivity contribution in [3.8, 4) is 5.75 Å².